The predicted molar refractivity (Wildman–Crippen MR) is 196 cm³/mol. The SMILES string of the molecule is COc1ccc(C2(c3ccc(OC)cc3)C=Cc3c4c(c5ccccc5c3O2)-c2ccccc2C4(C)Cc2ccc(OC)cc2OC)cc1. The molecule has 0 aromatic heterocycles. The number of rotatable bonds is 8. The van der Waals surface area contributed by atoms with Gasteiger partial charge < -0.3 is 23.7 Å². The third-order valence-electron chi connectivity index (χ3n) is 10.4. The van der Waals surface area contributed by atoms with E-state index < -0.39 is 11.0 Å². The maximum atomic E-state index is 7.49. The van der Waals surface area contributed by atoms with E-state index in [1.54, 1.807) is 28.4 Å². The molecule has 0 radical (unpaired) electrons. The predicted octanol–water partition coefficient (Wildman–Crippen LogP) is 9.75. The summed E-state index contributed by atoms with van der Waals surface area (Å²) >= 11 is 0. The van der Waals surface area contributed by atoms with Gasteiger partial charge in [-0.2, -0.15) is 0 Å². The molecule has 1 aliphatic carbocycles. The van der Waals surface area contributed by atoms with Crippen LogP contribution in [0.5, 0.6) is 28.7 Å². The van der Waals surface area contributed by atoms with Crippen LogP contribution in [0.25, 0.3) is 28.0 Å². The molecular formula is C44H38O5. The van der Waals surface area contributed by atoms with Crippen molar-refractivity contribution in [3.05, 3.63) is 155 Å². The van der Waals surface area contributed by atoms with Crippen molar-refractivity contribution in [3.63, 3.8) is 0 Å². The molecule has 1 heterocycles. The molecule has 0 amide bonds. The molecule has 0 spiro atoms. The first-order valence-electron chi connectivity index (χ1n) is 16.5. The van der Waals surface area contributed by atoms with E-state index in [2.05, 4.69) is 97.9 Å². The average Bonchev–Trinajstić information content (AvgIpc) is 3.43. The zero-order chi connectivity index (χ0) is 33.8. The standard InChI is InChI=1S/C44H38O5/c1-43(27-28-14-19-33(47-4)26-39(28)48-5)38-13-9-8-12-36(38)40-34-10-6-7-11-35(34)42-37(41(40)43)24-25-44(49-42,29-15-20-31(45-2)21-16-29)30-17-22-32(46-3)23-18-30/h6-26H,27H2,1-5H3. The van der Waals surface area contributed by atoms with Crippen LogP contribution in [-0.4, -0.2) is 28.4 Å². The first kappa shape index (κ1) is 30.6. The number of fused-ring (bicyclic) bond motifs is 8. The van der Waals surface area contributed by atoms with Gasteiger partial charge in [0.1, 0.15) is 28.7 Å². The molecule has 0 saturated heterocycles. The zero-order valence-electron chi connectivity index (χ0n) is 28.4. The van der Waals surface area contributed by atoms with Crippen molar-refractivity contribution < 1.29 is 23.7 Å². The zero-order valence-corrected chi connectivity index (χ0v) is 28.4. The van der Waals surface area contributed by atoms with Crippen molar-refractivity contribution in [1.82, 2.24) is 0 Å². The van der Waals surface area contributed by atoms with Gasteiger partial charge in [0.05, 0.1) is 28.4 Å². The van der Waals surface area contributed by atoms with E-state index in [0.717, 1.165) is 62.8 Å². The Bertz CT molecular complexity index is 2190. The minimum atomic E-state index is -0.899. The lowest BCUT2D eigenvalue weighted by molar-refractivity contribution is 0.163. The Morgan fingerprint density at radius 3 is 1.84 bits per heavy atom. The topological polar surface area (TPSA) is 46.2 Å². The number of methoxy groups -OCH3 is 4. The molecule has 6 aromatic rings. The monoisotopic (exact) mass is 646 g/mol. The molecule has 6 aromatic carbocycles. The third kappa shape index (κ3) is 4.67. The summed E-state index contributed by atoms with van der Waals surface area (Å²) in [6.45, 7) is 2.36. The minimum absolute atomic E-state index is 0.393. The van der Waals surface area contributed by atoms with E-state index in [4.69, 9.17) is 23.7 Å². The normalized spacial score (nSPS) is 16.7. The molecule has 0 saturated carbocycles. The molecule has 8 rings (SSSR count). The summed E-state index contributed by atoms with van der Waals surface area (Å²) in [5.41, 5.74) is 7.97. The summed E-state index contributed by atoms with van der Waals surface area (Å²) in [5.74, 6) is 4.03. The molecule has 0 bridgehead atoms. The van der Waals surface area contributed by atoms with Gasteiger partial charge in [0.2, 0.25) is 0 Å². The van der Waals surface area contributed by atoms with E-state index in [1.807, 2.05) is 36.4 Å². The molecular weight excluding hydrogens is 608 g/mol. The van der Waals surface area contributed by atoms with Crippen LogP contribution in [0.3, 0.4) is 0 Å². The molecule has 1 unspecified atom stereocenters. The molecule has 244 valence electrons. The fraction of sp³-hybridized carbons (Fsp3) is 0.182. The molecule has 5 nitrogen and oxygen atoms in total. The Morgan fingerprint density at radius 2 is 1.20 bits per heavy atom. The Kier molecular flexibility index (Phi) is 7.37. The van der Waals surface area contributed by atoms with Crippen molar-refractivity contribution in [2.45, 2.75) is 24.4 Å². The Labute approximate surface area is 287 Å². The second kappa shape index (κ2) is 11.8. The highest BCUT2D eigenvalue weighted by Crippen LogP contribution is 2.59. The van der Waals surface area contributed by atoms with Gasteiger partial charge in [0.25, 0.3) is 0 Å². The highest BCUT2D eigenvalue weighted by molar-refractivity contribution is 6.08. The van der Waals surface area contributed by atoms with Crippen molar-refractivity contribution in [2.75, 3.05) is 28.4 Å². The fourth-order valence-electron chi connectivity index (χ4n) is 7.98. The van der Waals surface area contributed by atoms with Gasteiger partial charge in [0.15, 0.2) is 5.60 Å². The van der Waals surface area contributed by atoms with Crippen molar-refractivity contribution in [3.8, 4) is 39.9 Å². The highest BCUT2D eigenvalue weighted by atomic mass is 16.5. The lowest BCUT2D eigenvalue weighted by atomic mass is 9.72. The molecule has 5 heteroatoms. The second-order valence-electron chi connectivity index (χ2n) is 12.9. The fourth-order valence-corrected chi connectivity index (χ4v) is 7.98. The van der Waals surface area contributed by atoms with Gasteiger partial charge in [-0.1, -0.05) is 91.9 Å². The van der Waals surface area contributed by atoms with Gasteiger partial charge in [-0.3, -0.25) is 0 Å². The molecule has 1 atom stereocenters. The summed E-state index contributed by atoms with van der Waals surface area (Å²) in [7, 11) is 6.78. The van der Waals surface area contributed by atoms with E-state index in [1.165, 1.54) is 27.6 Å². The molecule has 1 aliphatic heterocycles. The Balaban J connectivity index is 1.39. The number of benzene rings is 6. The summed E-state index contributed by atoms with van der Waals surface area (Å²) in [5, 5.41) is 2.25. The highest BCUT2D eigenvalue weighted by Gasteiger charge is 2.46. The largest absolute Gasteiger partial charge is 0.497 e. The smallest absolute Gasteiger partial charge is 0.178 e. The first-order chi connectivity index (χ1) is 23.9. The van der Waals surface area contributed by atoms with Crippen LogP contribution < -0.4 is 23.7 Å². The van der Waals surface area contributed by atoms with Gasteiger partial charge in [-0.25, -0.2) is 0 Å². The van der Waals surface area contributed by atoms with Gasteiger partial charge in [0, 0.05) is 33.6 Å². The van der Waals surface area contributed by atoms with E-state index >= 15 is 0 Å². The summed E-state index contributed by atoms with van der Waals surface area (Å²) in [4.78, 5) is 0. The van der Waals surface area contributed by atoms with Crippen molar-refractivity contribution in [2.24, 2.45) is 0 Å². The van der Waals surface area contributed by atoms with Crippen LogP contribution >= 0.6 is 0 Å². The Hall–Kier alpha value is -5.68. The number of hydrogen-bond acceptors (Lipinski definition) is 5. The minimum Gasteiger partial charge on any atom is -0.497 e. The summed E-state index contributed by atoms with van der Waals surface area (Å²) < 4.78 is 30.0. The number of hydrogen-bond donors (Lipinski definition) is 0. The summed E-state index contributed by atoms with van der Waals surface area (Å²) in [6.07, 6.45) is 5.23. The van der Waals surface area contributed by atoms with Crippen LogP contribution in [0.15, 0.2) is 121 Å². The third-order valence-corrected chi connectivity index (χ3v) is 10.4. The number of ether oxygens (including phenoxy) is 5. The lowest BCUT2D eigenvalue weighted by Gasteiger charge is -2.39. The molecule has 49 heavy (non-hydrogen) atoms. The maximum absolute atomic E-state index is 7.49. The van der Waals surface area contributed by atoms with Crippen molar-refractivity contribution in [1.29, 1.82) is 0 Å². The lowest BCUT2D eigenvalue weighted by Crippen LogP contribution is -2.35. The van der Waals surface area contributed by atoms with E-state index in [0.29, 0.717) is 0 Å². The van der Waals surface area contributed by atoms with Crippen molar-refractivity contribution >= 4 is 16.8 Å². The summed E-state index contributed by atoms with van der Waals surface area (Å²) in [6, 6.07) is 39.9. The molecule has 2 aliphatic rings. The van der Waals surface area contributed by atoms with Crippen LogP contribution in [0, 0.1) is 0 Å². The quantitative estimate of drug-likeness (QED) is 0.165. The van der Waals surface area contributed by atoms with E-state index in [9.17, 15) is 0 Å². The van der Waals surface area contributed by atoms with Gasteiger partial charge in [-0.15, -0.1) is 0 Å². The average molecular weight is 647 g/mol. The van der Waals surface area contributed by atoms with Crippen LogP contribution in [0.4, 0.5) is 0 Å². The van der Waals surface area contributed by atoms with E-state index in [-0.39, 0.29) is 0 Å². The van der Waals surface area contributed by atoms with Crippen LogP contribution in [0.2, 0.25) is 0 Å². The maximum Gasteiger partial charge on any atom is 0.178 e. The second-order valence-corrected chi connectivity index (χ2v) is 12.9. The van der Waals surface area contributed by atoms with Gasteiger partial charge >= 0.3 is 0 Å². The van der Waals surface area contributed by atoms with Gasteiger partial charge in [-0.05, 0) is 76.0 Å². The Morgan fingerprint density at radius 1 is 0.612 bits per heavy atom. The molecule has 0 fully saturated rings. The molecule has 0 N–H and O–H groups in total. The van der Waals surface area contributed by atoms with Crippen LogP contribution in [0.1, 0.15) is 40.3 Å². The first-order valence-corrected chi connectivity index (χ1v) is 16.5. The van der Waals surface area contributed by atoms with Crippen LogP contribution in [-0.2, 0) is 17.4 Å².